The van der Waals surface area contributed by atoms with Crippen LogP contribution in [0.3, 0.4) is 0 Å². The summed E-state index contributed by atoms with van der Waals surface area (Å²) in [6.07, 6.45) is 11.1. The number of aromatic nitrogens is 1. The average molecular weight is 495 g/mol. The van der Waals surface area contributed by atoms with Crippen LogP contribution in [-0.2, 0) is 17.6 Å². The van der Waals surface area contributed by atoms with E-state index in [0.717, 1.165) is 86.1 Å². The van der Waals surface area contributed by atoms with Crippen molar-refractivity contribution in [1.29, 1.82) is 5.26 Å². The maximum atomic E-state index is 12.5. The first kappa shape index (κ1) is 25.0. The van der Waals surface area contributed by atoms with Crippen LogP contribution in [-0.4, -0.2) is 41.5 Å². The largest absolute Gasteiger partial charge is 0.350 e. The van der Waals surface area contributed by atoms with Gasteiger partial charge < -0.3 is 15.2 Å². The zero-order valence-corrected chi connectivity index (χ0v) is 21.2. The van der Waals surface area contributed by atoms with Crippen molar-refractivity contribution >= 4 is 22.9 Å². The molecule has 1 aromatic heterocycles. The molecule has 190 valence electrons. The highest BCUT2D eigenvalue weighted by atomic mass is 16.1. The summed E-state index contributed by atoms with van der Waals surface area (Å²) in [5, 5.41) is 13.3. The van der Waals surface area contributed by atoms with Crippen LogP contribution < -0.4 is 10.9 Å². The molecule has 0 spiro atoms. The number of nitriles is 1. The minimum Gasteiger partial charge on any atom is -0.350 e. The predicted octanol–water partition coefficient (Wildman–Crippen LogP) is 4.58. The van der Waals surface area contributed by atoms with Crippen molar-refractivity contribution < 1.29 is 4.79 Å². The molecule has 0 radical (unpaired) electrons. The summed E-state index contributed by atoms with van der Waals surface area (Å²) in [4.78, 5) is 29.3. The smallest absolute Gasteiger partial charge is 0.248 e. The molecule has 2 aliphatic rings. The zero-order chi connectivity index (χ0) is 25.6. The molecule has 0 bridgehead atoms. The van der Waals surface area contributed by atoms with Gasteiger partial charge in [-0.1, -0.05) is 12.1 Å². The maximum Gasteiger partial charge on any atom is 0.248 e. The molecule has 37 heavy (non-hydrogen) atoms. The fraction of sp³-hybridized carbons (Fsp3) is 0.387. The molecule has 1 amide bonds. The molecule has 0 atom stereocenters. The minimum atomic E-state index is -0.117. The predicted molar refractivity (Wildman–Crippen MR) is 147 cm³/mol. The van der Waals surface area contributed by atoms with Crippen molar-refractivity contribution in [2.75, 3.05) is 19.6 Å². The van der Waals surface area contributed by atoms with E-state index in [9.17, 15) is 14.9 Å². The number of carbonyl (C=O) groups excluding carboxylic acids is 1. The number of amides is 1. The number of carbonyl (C=O) groups is 1. The Morgan fingerprint density at radius 1 is 1.03 bits per heavy atom. The van der Waals surface area contributed by atoms with Gasteiger partial charge in [0, 0.05) is 36.8 Å². The summed E-state index contributed by atoms with van der Waals surface area (Å²) in [7, 11) is 0. The van der Waals surface area contributed by atoms with Gasteiger partial charge in [0.15, 0.2) is 0 Å². The molecule has 2 N–H and O–H groups in total. The van der Waals surface area contributed by atoms with E-state index in [0.29, 0.717) is 0 Å². The van der Waals surface area contributed by atoms with Gasteiger partial charge in [0.1, 0.15) is 0 Å². The topological polar surface area (TPSA) is 89.0 Å². The molecule has 1 saturated carbocycles. The number of hydrogen-bond acceptors (Lipinski definition) is 4. The Kier molecular flexibility index (Phi) is 7.82. The molecule has 2 heterocycles. The van der Waals surface area contributed by atoms with Crippen molar-refractivity contribution in [1.82, 2.24) is 15.2 Å². The van der Waals surface area contributed by atoms with E-state index in [-0.39, 0.29) is 17.5 Å². The van der Waals surface area contributed by atoms with Crippen LogP contribution in [0.15, 0.2) is 59.4 Å². The summed E-state index contributed by atoms with van der Waals surface area (Å²) in [6, 6.07) is 17.7. The first-order valence-corrected chi connectivity index (χ1v) is 13.4. The number of rotatable bonds is 6. The molecule has 1 fully saturated rings. The number of benzene rings is 2. The van der Waals surface area contributed by atoms with Gasteiger partial charge in [-0.2, -0.15) is 5.26 Å². The zero-order valence-electron chi connectivity index (χ0n) is 21.2. The van der Waals surface area contributed by atoms with Crippen LogP contribution in [0.1, 0.15) is 54.4 Å². The standard InChI is InChI=1S/C31H34N4O2/c32-21-24-1-6-25-14-17-35(18-15-26(25)20-24)16-13-22-2-8-28(9-3-22)33-30(36)11-5-23-4-10-29-27(19-23)7-12-31(37)34-29/h1,4-7,10-12,19-20,22,28H,2-3,8-9,13-18H2,(H,33,36)(H,34,37)/b11-5+. The monoisotopic (exact) mass is 494 g/mol. The Labute approximate surface area is 218 Å². The minimum absolute atomic E-state index is 0.0475. The third-order valence-corrected chi connectivity index (χ3v) is 7.95. The Morgan fingerprint density at radius 2 is 1.84 bits per heavy atom. The van der Waals surface area contributed by atoms with Crippen molar-refractivity contribution in [2.45, 2.75) is 51.0 Å². The van der Waals surface area contributed by atoms with Crippen LogP contribution in [0.4, 0.5) is 0 Å². The van der Waals surface area contributed by atoms with Gasteiger partial charge in [-0.25, -0.2) is 0 Å². The van der Waals surface area contributed by atoms with E-state index in [1.165, 1.54) is 23.6 Å². The van der Waals surface area contributed by atoms with Gasteiger partial charge in [0.2, 0.25) is 11.5 Å². The molecular formula is C31H34N4O2. The lowest BCUT2D eigenvalue weighted by Crippen LogP contribution is -2.37. The fourth-order valence-electron chi connectivity index (χ4n) is 5.72. The second-order valence-corrected chi connectivity index (χ2v) is 10.5. The number of nitrogens with one attached hydrogen (secondary N) is 2. The molecule has 2 aromatic carbocycles. The first-order valence-electron chi connectivity index (χ1n) is 13.4. The third kappa shape index (κ3) is 6.55. The Bertz CT molecular complexity index is 1390. The molecule has 1 aliphatic carbocycles. The first-order chi connectivity index (χ1) is 18.1. The van der Waals surface area contributed by atoms with Crippen LogP contribution in [0.5, 0.6) is 0 Å². The van der Waals surface area contributed by atoms with E-state index in [2.05, 4.69) is 33.4 Å². The average Bonchev–Trinajstić information content (AvgIpc) is 3.13. The molecule has 6 nitrogen and oxygen atoms in total. The second kappa shape index (κ2) is 11.6. The van der Waals surface area contributed by atoms with E-state index in [1.807, 2.05) is 30.3 Å². The van der Waals surface area contributed by atoms with Crippen LogP contribution in [0.2, 0.25) is 0 Å². The maximum absolute atomic E-state index is 12.5. The second-order valence-electron chi connectivity index (χ2n) is 10.5. The molecule has 0 unspecified atom stereocenters. The number of fused-ring (bicyclic) bond motifs is 2. The number of nitrogens with zero attached hydrogens (tertiary/aromatic N) is 2. The van der Waals surface area contributed by atoms with Crippen LogP contribution in [0.25, 0.3) is 17.0 Å². The molecule has 5 rings (SSSR count). The number of aromatic amines is 1. The number of hydrogen-bond donors (Lipinski definition) is 2. The van der Waals surface area contributed by atoms with Crippen LogP contribution >= 0.6 is 0 Å². The summed E-state index contributed by atoms with van der Waals surface area (Å²) in [5.74, 6) is 0.678. The van der Waals surface area contributed by atoms with E-state index in [1.54, 1.807) is 12.1 Å². The van der Waals surface area contributed by atoms with Gasteiger partial charge in [-0.05, 0) is 116 Å². The summed E-state index contributed by atoms with van der Waals surface area (Å²) in [6.45, 7) is 3.28. The number of H-pyrrole nitrogens is 1. The third-order valence-electron chi connectivity index (χ3n) is 7.95. The van der Waals surface area contributed by atoms with Crippen molar-refractivity contribution in [3.63, 3.8) is 0 Å². The molecule has 1 aliphatic heterocycles. The van der Waals surface area contributed by atoms with Crippen LogP contribution in [0, 0.1) is 17.2 Å². The number of pyridine rings is 1. The van der Waals surface area contributed by atoms with Crippen molar-refractivity contribution in [3.8, 4) is 6.07 Å². The SMILES string of the molecule is N#Cc1ccc2c(c1)CCN(CCC1CCC(NC(=O)/C=C/c3ccc4[nH]c(=O)ccc4c3)CC1)CC2. The molecule has 0 saturated heterocycles. The van der Waals surface area contributed by atoms with E-state index >= 15 is 0 Å². The van der Waals surface area contributed by atoms with Gasteiger partial charge in [0.05, 0.1) is 11.6 Å². The van der Waals surface area contributed by atoms with Gasteiger partial charge >= 0.3 is 0 Å². The van der Waals surface area contributed by atoms with Crippen molar-refractivity contribution in [2.24, 2.45) is 5.92 Å². The van der Waals surface area contributed by atoms with Gasteiger partial charge in [-0.3, -0.25) is 9.59 Å². The van der Waals surface area contributed by atoms with E-state index < -0.39 is 0 Å². The van der Waals surface area contributed by atoms with Gasteiger partial charge in [-0.15, -0.1) is 0 Å². The van der Waals surface area contributed by atoms with Crippen molar-refractivity contribution in [3.05, 3.63) is 87.2 Å². The fourth-order valence-corrected chi connectivity index (χ4v) is 5.72. The highest BCUT2D eigenvalue weighted by Gasteiger charge is 2.23. The lowest BCUT2D eigenvalue weighted by Gasteiger charge is -2.30. The lowest BCUT2D eigenvalue weighted by molar-refractivity contribution is -0.117. The molecule has 6 heteroatoms. The van der Waals surface area contributed by atoms with Gasteiger partial charge in [0.25, 0.3) is 0 Å². The summed E-state index contributed by atoms with van der Waals surface area (Å²) >= 11 is 0. The normalized spacial score (nSPS) is 20.3. The summed E-state index contributed by atoms with van der Waals surface area (Å²) < 4.78 is 0. The molecular weight excluding hydrogens is 460 g/mol. The molecule has 3 aromatic rings. The van der Waals surface area contributed by atoms with E-state index in [4.69, 9.17) is 0 Å². The Balaban J connectivity index is 1.04. The lowest BCUT2D eigenvalue weighted by atomic mass is 9.84. The quantitative estimate of drug-likeness (QED) is 0.491. The Morgan fingerprint density at radius 3 is 2.65 bits per heavy atom. The highest BCUT2D eigenvalue weighted by molar-refractivity contribution is 5.92. The highest BCUT2D eigenvalue weighted by Crippen LogP contribution is 2.28. The Hall–Kier alpha value is -3.69. The summed E-state index contributed by atoms with van der Waals surface area (Å²) in [5.41, 5.74) is 5.10.